The zero-order valence-electron chi connectivity index (χ0n) is 28.8. The lowest BCUT2D eigenvalue weighted by molar-refractivity contribution is 0.0510. The number of hydrogen-bond acceptors (Lipinski definition) is 4. The van der Waals surface area contributed by atoms with Crippen LogP contribution in [0.5, 0.6) is 0 Å². The van der Waals surface area contributed by atoms with Gasteiger partial charge in [-0.1, -0.05) is 123 Å². The van der Waals surface area contributed by atoms with E-state index in [-0.39, 0.29) is 45.4 Å². The van der Waals surface area contributed by atoms with E-state index in [2.05, 4.69) is 154 Å². The number of rotatable bonds is 10. The molecule has 2 N–H and O–H groups in total. The van der Waals surface area contributed by atoms with Gasteiger partial charge in [0, 0.05) is 23.7 Å². The van der Waals surface area contributed by atoms with Crippen LogP contribution in [0.2, 0.25) is 0 Å². The Labute approximate surface area is 267 Å². The fourth-order valence-electron chi connectivity index (χ4n) is 7.99. The molecule has 0 amide bonds. The van der Waals surface area contributed by atoms with Gasteiger partial charge in [-0.2, -0.15) is 0 Å². The molecule has 0 aromatic carbocycles. The number of aliphatic hydroxyl groups excluding tert-OH is 2. The lowest BCUT2D eigenvalue weighted by Crippen LogP contribution is -2.46. The van der Waals surface area contributed by atoms with Gasteiger partial charge in [-0.05, 0) is 66.5 Å². The van der Waals surface area contributed by atoms with Gasteiger partial charge in [0.2, 0.25) is 0 Å². The van der Waals surface area contributed by atoms with Crippen LogP contribution >= 0.6 is 0 Å². The summed E-state index contributed by atoms with van der Waals surface area (Å²) < 4.78 is 12.5. The van der Waals surface area contributed by atoms with Gasteiger partial charge in [0.1, 0.15) is 22.4 Å². The molecule has 2 aliphatic heterocycles. The lowest BCUT2D eigenvalue weighted by atomic mass is 9.63. The second-order valence-electron chi connectivity index (χ2n) is 15.4. The van der Waals surface area contributed by atoms with Crippen molar-refractivity contribution in [1.82, 2.24) is 0 Å². The van der Waals surface area contributed by atoms with E-state index < -0.39 is 0 Å². The fourth-order valence-corrected chi connectivity index (χ4v) is 7.99. The minimum atomic E-state index is -0.294. The number of ether oxygens (including phenoxy) is 2. The molecule has 0 unspecified atom stereocenters. The van der Waals surface area contributed by atoms with Gasteiger partial charge in [0.25, 0.3) is 0 Å². The van der Waals surface area contributed by atoms with Crippen LogP contribution < -0.4 is 0 Å². The summed E-state index contributed by atoms with van der Waals surface area (Å²) in [5.41, 5.74) is 3.36. The molecule has 44 heavy (non-hydrogen) atoms. The van der Waals surface area contributed by atoms with Crippen LogP contribution in [0.1, 0.15) is 94.9 Å². The third-order valence-corrected chi connectivity index (χ3v) is 10.4. The van der Waals surface area contributed by atoms with Gasteiger partial charge in [0.15, 0.2) is 0 Å². The molecular weight excluding hydrogens is 544 g/mol. The molecule has 0 spiro atoms. The van der Waals surface area contributed by atoms with Crippen molar-refractivity contribution < 1.29 is 19.7 Å². The second kappa shape index (κ2) is 12.4. The largest absolute Gasteiger partial charge is 0.393 e. The third kappa shape index (κ3) is 6.84. The van der Waals surface area contributed by atoms with Gasteiger partial charge >= 0.3 is 0 Å². The molecule has 2 aliphatic carbocycles. The Morgan fingerprint density at radius 2 is 0.818 bits per heavy atom. The van der Waals surface area contributed by atoms with E-state index >= 15 is 0 Å². The fraction of sp³-hybridized carbons (Fsp3) is 0.550. The molecule has 4 fully saturated rings. The highest BCUT2D eigenvalue weighted by Gasteiger charge is 2.75. The van der Waals surface area contributed by atoms with Crippen LogP contribution in [-0.4, -0.2) is 44.8 Å². The van der Waals surface area contributed by atoms with Crippen molar-refractivity contribution in [3.8, 4) is 0 Å². The predicted molar refractivity (Wildman–Crippen MR) is 183 cm³/mol. The van der Waals surface area contributed by atoms with E-state index in [0.717, 1.165) is 12.8 Å². The Morgan fingerprint density at radius 1 is 0.500 bits per heavy atom. The number of epoxide rings is 2. The summed E-state index contributed by atoms with van der Waals surface area (Å²) in [6.07, 6.45) is 32.0. The summed E-state index contributed by atoms with van der Waals surface area (Å²) in [6, 6.07) is 0. The molecule has 240 valence electrons. The highest BCUT2D eigenvalue weighted by Crippen LogP contribution is 2.67. The standard InChI is InChI=1S/C40H56O4/c1-29(17-13-19-31(3)21-23-39-35(5,6)25-33(41)27-37(39,9)43-39)15-11-12-16-30(2)18-14-20-32(4)22-24-40-36(7,8)26-34(42)28-38(40,10)44-40/h11-24,33-34,41-42H,25-28H2,1-10H3/b12-11-,17-13+,18-14+,23-21+,24-22+,29-15+,30-16+,31-19+,32-20+/t33-,34-,37+,38+,39-,40-/m0/s1. The molecule has 6 atom stereocenters. The van der Waals surface area contributed by atoms with Crippen LogP contribution in [-0.2, 0) is 9.47 Å². The zero-order chi connectivity index (χ0) is 32.6. The van der Waals surface area contributed by atoms with Crippen molar-refractivity contribution in [2.45, 2.75) is 130 Å². The normalized spacial score (nSPS) is 39.2. The number of aliphatic hydroxyl groups is 2. The molecule has 2 heterocycles. The van der Waals surface area contributed by atoms with Crippen molar-refractivity contribution in [2.75, 3.05) is 0 Å². The van der Waals surface area contributed by atoms with Crippen LogP contribution in [0.4, 0.5) is 0 Å². The minimum absolute atomic E-state index is 0.0969. The Kier molecular flexibility index (Phi) is 9.66. The summed E-state index contributed by atoms with van der Waals surface area (Å²) in [4.78, 5) is 0. The monoisotopic (exact) mass is 600 g/mol. The van der Waals surface area contributed by atoms with Crippen LogP contribution in [0.3, 0.4) is 0 Å². The first kappa shape index (κ1) is 34.4. The summed E-state index contributed by atoms with van der Waals surface area (Å²) in [6.45, 7) is 21.4. The summed E-state index contributed by atoms with van der Waals surface area (Å²) >= 11 is 0. The molecule has 0 aromatic rings. The van der Waals surface area contributed by atoms with Crippen molar-refractivity contribution in [1.29, 1.82) is 0 Å². The smallest absolute Gasteiger partial charge is 0.121 e. The van der Waals surface area contributed by atoms with Gasteiger partial charge in [-0.25, -0.2) is 0 Å². The number of hydrogen-bond donors (Lipinski definition) is 2. The van der Waals surface area contributed by atoms with Crippen LogP contribution in [0.15, 0.2) is 107 Å². The first-order valence-electron chi connectivity index (χ1n) is 16.3. The first-order valence-corrected chi connectivity index (χ1v) is 16.3. The predicted octanol–water partition coefficient (Wildman–Crippen LogP) is 8.97. The molecule has 4 rings (SSSR count). The topological polar surface area (TPSA) is 65.5 Å². The van der Waals surface area contributed by atoms with Gasteiger partial charge in [-0.3, -0.25) is 0 Å². The zero-order valence-corrected chi connectivity index (χ0v) is 28.8. The van der Waals surface area contributed by atoms with E-state index in [1.165, 1.54) is 22.3 Å². The average Bonchev–Trinajstić information content (AvgIpc) is 3.73. The SMILES string of the molecule is CC(/C=C/C=C(C)/C=C/[C@@]12O[C@]1(C)C[C@@H](O)CC2(C)C)=C\C=C/C=C(C)/C=C/C=C(C)/C=C/[C@@]12O[C@]1(C)C[C@@H](O)CC2(C)C. The first-order chi connectivity index (χ1) is 20.4. The van der Waals surface area contributed by atoms with Gasteiger partial charge in [0.05, 0.1) is 12.2 Å². The number of fused-ring (bicyclic) bond motifs is 2. The minimum Gasteiger partial charge on any atom is -0.393 e. The van der Waals surface area contributed by atoms with E-state index in [1.54, 1.807) is 0 Å². The number of allylic oxidation sites excluding steroid dienone is 16. The molecule has 2 saturated heterocycles. The Morgan fingerprint density at radius 3 is 1.16 bits per heavy atom. The van der Waals surface area contributed by atoms with E-state index in [4.69, 9.17) is 9.47 Å². The van der Waals surface area contributed by atoms with E-state index in [9.17, 15) is 10.2 Å². The maximum absolute atomic E-state index is 10.3. The lowest BCUT2D eigenvalue weighted by Gasteiger charge is -2.39. The molecular formula is C40H56O4. The van der Waals surface area contributed by atoms with Crippen LogP contribution in [0, 0.1) is 10.8 Å². The van der Waals surface area contributed by atoms with Crippen molar-refractivity contribution in [3.05, 3.63) is 107 Å². The molecule has 4 nitrogen and oxygen atoms in total. The molecule has 4 heteroatoms. The summed E-state index contributed by atoms with van der Waals surface area (Å²) in [7, 11) is 0. The van der Waals surface area contributed by atoms with Crippen molar-refractivity contribution in [2.24, 2.45) is 10.8 Å². The summed E-state index contributed by atoms with van der Waals surface area (Å²) in [5, 5.41) is 20.5. The van der Waals surface area contributed by atoms with E-state index in [1.807, 2.05) is 0 Å². The van der Waals surface area contributed by atoms with Crippen LogP contribution in [0.25, 0.3) is 0 Å². The maximum Gasteiger partial charge on any atom is 0.121 e. The molecule has 0 aromatic heterocycles. The quantitative estimate of drug-likeness (QED) is 0.194. The molecule has 4 aliphatic rings. The average molecular weight is 601 g/mol. The Hall–Kier alpha value is -2.50. The Bertz CT molecular complexity index is 1270. The molecule has 0 radical (unpaired) electrons. The summed E-state index contributed by atoms with van der Waals surface area (Å²) in [5.74, 6) is 0. The highest BCUT2D eigenvalue weighted by atomic mass is 16.6. The second-order valence-corrected chi connectivity index (χ2v) is 15.4. The Balaban J connectivity index is 1.25. The van der Waals surface area contributed by atoms with Gasteiger partial charge < -0.3 is 19.7 Å². The molecule has 2 saturated carbocycles. The van der Waals surface area contributed by atoms with Gasteiger partial charge in [-0.15, -0.1) is 0 Å². The molecule has 0 bridgehead atoms. The highest BCUT2D eigenvalue weighted by molar-refractivity contribution is 5.38. The van der Waals surface area contributed by atoms with E-state index in [0.29, 0.717) is 12.8 Å². The third-order valence-electron chi connectivity index (χ3n) is 10.4. The maximum atomic E-state index is 10.3. The van der Waals surface area contributed by atoms with Crippen molar-refractivity contribution >= 4 is 0 Å². The van der Waals surface area contributed by atoms with Crippen molar-refractivity contribution in [3.63, 3.8) is 0 Å².